The van der Waals surface area contributed by atoms with Crippen molar-refractivity contribution >= 4 is 48.8 Å². The molecule has 0 atom stereocenters. The van der Waals surface area contributed by atoms with E-state index in [0.29, 0.717) is 21.5 Å². The van der Waals surface area contributed by atoms with Crippen LogP contribution in [-0.2, 0) is 0 Å². The Morgan fingerprint density at radius 2 is 2.12 bits per heavy atom. The van der Waals surface area contributed by atoms with Gasteiger partial charge >= 0.3 is 0 Å². The number of nitrogen functional groups attached to an aromatic ring is 1. The second-order valence-corrected chi connectivity index (χ2v) is 5.61. The summed E-state index contributed by atoms with van der Waals surface area (Å²) in [4.78, 5) is 4.27. The highest BCUT2D eigenvalue weighted by Crippen LogP contribution is 2.35. The highest BCUT2D eigenvalue weighted by Gasteiger charge is 2.18. The molecule has 1 heterocycles. The van der Waals surface area contributed by atoms with Crippen LogP contribution in [0.3, 0.4) is 0 Å². The Kier molecular flexibility index (Phi) is 3.15. The number of nitriles is 1. The molecular weight excluding hydrogens is 348 g/mol. The normalized spacial score (nSPS) is 11.1. The molecule has 0 aliphatic carbocycles. The Hall–Kier alpha value is -1.06. The molecule has 2 aromatic rings. The second kappa shape index (κ2) is 4.31. The van der Waals surface area contributed by atoms with E-state index in [1.165, 1.54) is 0 Å². The smallest absolute Gasteiger partial charge is 0.201 e. The summed E-state index contributed by atoms with van der Waals surface area (Å²) in [5.74, 6) is 0.427. The van der Waals surface area contributed by atoms with E-state index in [4.69, 9.17) is 5.73 Å². The number of halogens is 2. The number of hydrogen-bond donors (Lipinski definition) is 1. The molecule has 6 heteroatoms. The summed E-state index contributed by atoms with van der Waals surface area (Å²) in [6.45, 7) is 4.05. The molecule has 88 valence electrons. The van der Waals surface area contributed by atoms with Crippen LogP contribution in [0.5, 0.6) is 0 Å². The van der Waals surface area contributed by atoms with Gasteiger partial charge in [0.25, 0.3) is 0 Å². The van der Waals surface area contributed by atoms with Gasteiger partial charge in [-0.05, 0) is 51.8 Å². The maximum Gasteiger partial charge on any atom is 0.201 e. The third-order valence-electron chi connectivity index (χ3n) is 2.53. The van der Waals surface area contributed by atoms with E-state index in [1.807, 2.05) is 24.5 Å². The molecule has 0 radical (unpaired) electrons. The van der Waals surface area contributed by atoms with Gasteiger partial charge in [0, 0.05) is 10.5 Å². The summed E-state index contributed by atoms with van der Waals surface area (Å²) >= 11 is 6.79. The zero-order valence-electron chi connectivity index (χ0n) is 9.33. The van der Waals surface area contributed by atoms with Gasteiger partial charge in [0.2, 0.25) is 5.95 Å². The van der Waals surface area contributed by atoms with Crippen molar-refractivity contribution < 1.29 is 0 Å². The summed E-state index contributed by atoms with van der Waals surface area (Å²) < 4.78 is 3.44. The van der Waals surface area contributed by atoms with E-state index in [2.05, 4.69) is 42.9 Å². The van der Waals surface area contributed by atoms with Gasteiger partial charge in [-0.3, -0.25) is 0 Å². The number of fused-ring (bicyclic) bond motifs is 1. The van der Waals surface area contributed by atoms with Crippen molar-refractivity contribution in [3.63, 3.8) is 0 Å². The summed E-state index contributed by atoms with van der Waals surface area (Å²) in [6, 6.07) is 4.26. The van der Waals surface area contributed by atoms with E-state index in [9.17, 15) is 5.26 Å². The zero-order chi connectivity index (χ0) is 12.7. The summed E-state index contributed by atoms with van der Waals surface area (Å²) in [6.07, 6.45) is 0. The first-order chi connectivity index (χ1) is 7.97. The van der Waals surface area contributed by atoms with Gasteiger partial charge < -0.3 is 10.3 Å². The Morgan fingerprint density at radius 1 is 1.47 bits per heavy atom. The predicted molar refractivity (Wildman–Crippen MR) is 74.6 cm³/mol. The number of hydrogen-bond acceptors (Lipinski definition) is 3. The molecule has 0 spiro atoms. The van der Waals surface area contributed by atoms with Gasteiger partial charge in [-0.1, -0.05) is 0 Å². The van der Waals surface area contributed by atoms with E-state index in [0.717, 1.165) is 9.99 Å². The fourth-order valence-electron chi connectivity index (χ4n) is 1.84. The van der Waals surface area contributed by atoms with Crippen molar-refractivity contribution in [3.8, 4) is 6.07 Å². The van der Waals surface area contributed by atoms with Crippen LogP contribution in [0.2, 0.25) is 0 Å². The molecule has 0 fully saturated rings. The first-order valence-corrected chi connectivity index (χ1v) is 6.61. The van der Waals surface area contributed by atoms with Crippen LogP contribution in [-0.4, -0.2) is 9.55 Å². The average molecular weight is 358 g/mol. The van der Waals surface area contributed by atoms with E-state index < -0.39 is 0 Å². The number of aromatic nitrogens is 2. The van der Waals surface area contributed by atoms with Crippen molar-refractivity contribution in [2.24, 2.45) is 0 Å². The fourth-order valence-corrected chi connectivity index (χ4v) is 2.64. The van der Waals surface area contributed by atoms with E-state index >= 15 is 0 Å². The van der Waals surface area contributed by atoms with Gasteiger partial charge in [0.05, 0.1) is 15.6 Å². The standard InChI is InChI=1S/C11H10Br2N4/c1-5(2)17-8-3-7(12)9(13)6(4-14)10(8)16-11(17)15/h3,5H,1-2H3,(H2,15,16). The van der Waals surface area contributed by atoms with Crippen LogP contribution >= 0.6 is 31.9 Å². The molecule has 17 heavy (non-hydrogen) atoms. The molecule has 1 aromatic carbocycles. The highest BCUT2D eigenvalue weighted by molar-refractivity contribution is 9.13. The molecule has 0 bridgehead atoms. The van der Waals surface area contributed by atoms with Crippen molar-refractivity contribution in [2.75, 3.05) is 5.73 Å². The third-order valence-corrected chi connectivity index (χ3v) is 4.51. The lowest BCUT2D eigenvalue weighted by molar-refractivity contribution is 0.627. The second-order valence-electron chi connectivity index (χ2n) is 3.96. The quantitative estimate of drug-likeness (QED) is 0.847. The lowest BCUT2D eigenvalue weighted by Crippen LogP contribution is -2.05. The Bertz CT molecular complexity index is 637. The lowest BCUT2D eigenvalue weighted by atomic mass is 10.2. The molecule has 0 saturated heterocycles. The third kappa shape index (κ3) is 1.83. The molecule has 0 unspecified atom stereocenters. The maximum absolute atomic E-state index is 9.19. The molecular formula is C11H10Br2N4. The number of nitrogens with two attached hydrogens (primary N) is 1. The highest BCUT2D eigenvalue weighted by atomic mass is 79.9. The van der Waals surface area contributed by atoms with Crippen LogP contribution in [0.25, 0.3) is 11.0 Å². The Balaban J connectivity index is 2.96. The van der Waals surface area contributed by atoms with E-state index in [-0.39, 0.29) is 6.04 Å². The summed E-state index contributed by atoms with van der Waals surface area (Å²) in [5, 5.41) is 9.19. The topological polar surface area (TPSA) is 67.6 Å². The fraction of sp³-hybridized carbons (Fsp3) is 0.273. The van der Waals surface area contributed by atoms with Gasteiger partial charge in [-0.25, -0.2) is 4.98 Å². The van der Waals surface area contributed by atoms with Gasteiger partial charge in [-0.2, -0.15) is 5.26 Å². The van der Waals surface area contributed by atoms with E-state index in [1.54, 1.807) is 0 Å². The lowest BCUT2D eigenvalue weighted by Gasteiger charge is -2.10. The molecule has 0 amide bonds. The number of rotatable bonds is 1. The van der Waals surface area contributed by atoms with Crippen molar-refractivity contribution in [1.29, 1.82) is 5.26 Å². The number of nitrogens with zero attached hydrogens (tertiary/aromatic N) is 3. The van der Waals surface area contributed by atoms with Crippen LogP contribution < -0.4 is 5.73 Å². The van der Waals surface area contributed by atoms with Crippen LogP contribution in [0.15, 0.2) is 15.0 Å². The summed E-state index contributed by atoms with van der Waals surface area (Å²) in [5.41, 5.74) is 7.89. The molecule has 1 aromatic heterocycles. The molecule has 0 aliphatic heterocycles. The van der Waals surface area contributed by atoms with Gasteiger partial charge in [0.1, 0.15) is 11.6 Å². The largest absolute Gasteiger partial charge is 0.369 e. The first-order valence-electron chi connectivity index (χ1n) is 5.02. The van der Waals surface area contributed by atoms with Gasteiger partial charge in [0.15, 0.2) is 0 Å². The van der Waals surface area contributed by atoms with Crippen molar-refractivity contribution in [1.82, 2.24) is 9.55 Å². The minimum absolute atomic E-state index is 0.194. The minimum atomic E-state index is 0.194. The number of benzene rings is 1. The SMILES string of the molecule is CC(C)n1c(N)nc2c(C#N)c(Br)c(Br)cc21. The van der Waals surface area contributed by atoms with Gasteiger partial charge in [-0.15, -0.1) is 0 Å². The number of anilines is 1. The Morgan fingerprint density at radius 3 is 2.65 bits per heavy atom. The Labute approximate surface area is 116 Å². The first kappa shape index (κ1) is 12.4. The molecule has 2 N–H and O–H groups in total. The zero-order valence-corrected chi connectivity index (χ0v) is 12.5. The minimum Gasteiger partial charge on any atom is -0.369 e. The monoisotopic (exact) mass is 356 g/mol. The van der Waals surface area contributed by atoms with Crippen molar-refractivity contribution in [3.05, 3.63) is 20.6 Å². The summed E-state index contributed by atoms with van der Waals surface area (Å²) in [7, 11) is 0. The molecule has 4 nitrogen and oxygen atoms in total. The molecule has 0 saturated carbocycles. The maximum atomic E-state index is 9.19. The van der Waals surface area contributed by atoms with Crippen LogP contribution in [0.1, 0.15) is 25.5 Å². The average Bonchev–Trinajstić information content (AvgIpc) is 2.56. The number of imidazole rings is 1. The van der Waals surface area contributed by atoms with Crippen molar-refractivity contribution in [2.45, 2.75) is 19.9 Å². The molecule has 2 rings (SSSR count). The predicted octanol–water partition coefficient (Wildman–Crippen LogP) is 3.60. The van der Waals surface area contributed by atoms with Crippen LogP contribution in [0, 0.1) is 11.3 Å². The molecule has 0 aliphatic rings. The van der Waals surface area contributed by atoms with Crippen LogP contribution in [0.4, 0.5) is 5.95 Å².